The molecule has 0 spiro atoms. The SMILES string of the molecule is Fc1cccc(Cl)c1CNCC1CN2CCCC2CO1. The third kappa shape index (κ3) is 3.14. The molecular formula is C15H20ClFN2O. The minimum absolute atomic E-state index is 0.190. The van der Waals surface area contributed by atoms with E-state index in [9.17, 15) is 4.39 Å². The Kier molecular flexibility index (Phi) is 4.56. The van der Waals surface area contributed by atoms with Crippen molar-refractivity contribution < 1.29 is 9.13 Å². The van der Waals surface area contributed by atoms with Crippen molar-refractivity contribution in [1.82, 2.24) is 10.2 Å². The zero-order chi connectivity index (χ0) is 13.9. The molecule has 2 aliphatic heterocycles. The van der Waals surface area contributed by atoms with Crippen molar-refractivity contribution in [3.8, 4) is 0 Å². The Morgan fingerprint density at radius 3 is 3.20 bits per heavy atom. The third-order valence-corrected chi connectivity index (χ3v) is 4.55. The fourth-order valence-electron chi connectivity index (χ4n) is 3.07. The second-order valence-electron chi connectivity index (χ2n) is 5.58. The van der Waals surface area contributed by atoms with Gasteiger partial charge in [0.25, 0.3) is 0 Å². The molecule has 3 rings (SSSR count). The van der Waals surface area contributed by atoms with Crippen LogP contribution in [0.15, 0.2) is 18.2 Å². The molecule has 0 aliphatic carbocycles. The van der Waals surface area contributed by atoms with Crippen molar-refractivity contribution in [3.63, 3.8) is 0 Å². The smallest absolute Gasteiger partial charge is 0.129 e. The number of hydrogen-bond acceptors (Lipinski definition) is 3. The van der Waals surface area contributed by atoms with Gasteiger partial charge in [-0.3, -0.25) is 4.90 Å². The minimum Gasteiger partial charge on any atom is -0.374 e. The summed E-state index contributed by atoms with van der Waals surface area (Å²) in [6.07, 6.45) is 2.72. The van der Waals surface area contributed by atoms with Gasteiger partial charge in [-0.1, -0.05) is 17.7 Å². The number of fused-ring (bicyclic) bond motifs is 1. The third-order valence-electron chi connectivity index (χ3n) is 4.20. The van der Waals surface area contributed by atoms with Crippen LogP contribution in [0.1, 0.15) is 18.4 Å². The summed E-state index contributed by atoms with van der Waals surface area (Å²) in [5, 5.41) is 3.73. The fourth-order valence-corrected chi connectivity index (χ4v) is 3.30. The molecule has 2 fully saturated rings. The van der Waals surface area contributed by atoms with Gasteiger partial charge >= 0.3 is 0 Å². The van der Waals surface area contributed by atoms with Gasteiger partial charge in [-0.15, -0.1) is 0 Å². The molecular weight excluding hydrogens is 279 g/mol. The minimum atomic E-state index is -0.255. The van der Waals surface area contributed by atoms with Crippen LogP contribution in [0.4, 0.5) is 4.39 Å². The van der Waals surface area contributed by atoms with Crippen LogP contribution in [0, 0.1) is 5.82 Å². The number of ether oxygens (including phenoxy) is 1. The van der Waals surface area contributed by atoms with Crippen LogP contribution in [0.25, 0.3) is 0 Å². The normalized spacial score (nSPS) is 26.7. The molecule has 2 saturated heterocycles. The Labute approximate surface area is 124 Å². The van der Waals surface area contributed by atoms with Crippen LogP contribution < -0.4 is 5.32 Å². The van der Waals surface area contributed by atoms with Crippen molar-refractivity contribution in [2.75, 3.05) is 26.2 Å². The summed E-state index contributed by atoms with van der Waals surface area (Å²) in [4.78, 5) is 2.51. The highest BCUT2D eigenvalue weighted by Gasteiger charge is 2.31. The first-order valence-corrected chi connectivity index (χ1v) is 7.61. The first kappa shape index (κ1) is 14.3. The zero-order valence-electron chi connectivity index (χ0n) is 11.4. The summed E-state index contributed by atoms with van der Waals surface area (Å²) in [5.41, 5.74) is 0.532. The van der Waals surface area contributed by atoms with Gasteiger partial charge < -0.3 is 10.1 Å². The fraction of sp³-hybridized carbons (Fsp3) is 0.600. The van der Waals surface area contributed by atoms with Crippen LogP contribution in [0.2, 0.25) is 5.02 Å². The lowest BCUT2D eigenvalue weighted by atomic mass is 10.1. The summed E-state index contributed by atoms with van der Waals surface area (Å²) < 4.78 is 19.5. The number of halogens is 2. The Morgan fingerprint density at radius 1 is 1.45 bits per heavy atom. The van der Waals surface area contributed by atoms with E-state index < -0.39 is 0 Å². The molecule has 0 amide bonds. The quantitative estimate of drug-likeness (QED) is 0.924. The Hall–Kier alpha value is -0.680. The second-order valence-corrected chi connectivity index (χ2v) is 5.98. The molecule has 2 aliphatic rings. The Bertz CT molecular complexity index is 451. The van der Waals surface area contributed by atoms with Gasteiger partial charge in [0.2, 0.25) is 0 Å². The summed E-state index contributed by atoms with van der Waals surface area (Å²) >= 11 is 6.00. The number of morpholine rings is 1. The van der Waals surface area contributed by atoms with E-state index in [1.807, 2.05) is 0 Å². The molecule has 1 N–H and O–H groups in total. The number of rotatable bonds is 4. The Balaban J connectivity index is 1.48. The molecule has 0 radical (unpaired) electrons. The maximum atomic E-state index is 13.6. The lowest BCUT2D eigenvalue weighted by molar-refractivity contribution is -0.0470. The first-order chi connectivity index (χ1) is 9.74. The van der Waals surface area contributed by atoms with Gasteiger partial charge in [-0.05, 0) is 31.5 Å². The maximum Gasteiger partial charge on any atom is 0.129 e. The van der Waals surface area contributed by atoms with Crippen LogP contribution in [-0.4, -0.2) is 43.3 Å². The molecule has 2 unspecified atom stereocenters. The molecule has 0 bridgehead atoms. The largest absolute Gasteiger partial charge is 0.374 e. The van der Waals surface area contributed by atoms with Crippen molar-refractivity contribution >= 4 is 11.6 Å². The van der Waals surface area contributed by atoms with E-state index in [1.165, 1.54) is 25.5 Å². The number of nitrogens with one attached hydrogen (secondary N) is 1. The zero-order valence-corrected chi connectivity index (χ0v) is 12.2. The van der Waals surface area contributed by atoms with Gasteiger partial charge in [0.15, 0.2) is 0 Å². The predicted molar refractivity (Wildman–Crippen MR) is 77.5 cm³/mol. The number of hydrogen-bond donors (Lipinski definition) is 1. The molecule has 0 aromatic heterocycles. The Morgan fingerprint density at radius 2 is 2.35 bits per heavy atom. The van der Waals surface area contributed by atoms with Crippen molar-refractivity contribution in [2.24, 2.45) is 0 Å². The van der Waals surface area contributed by atoms with Crippen LogP contribution in [0.5, 0.6) is 0 Å². The number of nitrogens with zero attached hydrogens (tertiary/aromatic N) is 1. The highest BCUT2D eigenvalue weighted by Crippen LogP contribution is 2.22. The predicted octanol–water partition coefficient (Wildman–Crippen LogP) is 2.43. The van der Waals surface area contributed by atoms with E-state index >= 15 is 0 Å². The maximum absolute atomic E-state index is 13.6. The van der Waals surface area contributed by atoms with Crippen molar-refractivity contribution in [1.29, 1.82) is 0 Å². The summed E-state index contributed by atoms with van der Waals surface area (Å²) in [7, 11) is 0. The molecule has 110 valence electrons. The standard InChI is InChI=1S/C15H20ClFN2O/c16-14-4-1-5-15(17)13(14)8-18-7-12-9-19-6-2-3-11(19)10-20-12/h1,4-5,11-12,18H,2-3,6-10H2. The molecule has 0 saturated carbocycles. The molecule has 2 heterocycles. The van der Waals surface area contributed by atoms with Gasteiger partial charge in [-0.25, -0.2) is 4.39 Å². The molecule has 3 nitrogen and oxygen atoms in total. The monoisotopic (exact) mass is 298 g/mol. The second kappa shape index (κ2) is 6.39. The van der Waals surface area contributed by atoms with Crippen LogP contribution >= 0.6 is 11.6 Å². The summed E-state index contributed by atoms with van der Waals surface area (Å²) in [5.74, 6) is -0.255. The molecule has 5 heteroatoms. The molecule has 20 heavy (non-hydrogen) atoms. The number of benzene rings is 1. The van der Waals surface area contributed by atoms with Gasteiger partial charge in [-0.2, -0.15) is 0 Å². The highest BCUT2D eigenvalue weighted by molar-refractivity contribution is 6.31. The van der Waals surface area contributed by atoms with Crippen LogP contribution in [-0.2, 0) is 11.3 Å². The summed E-state index contributed by atoms with van der Waals surface area (Å²) in [6.45, 7) is 4.15. The van der Waals surface area contributed by atoms with E-state index in [0.717, 1.165) is 19.7 Å². The highest BCUT2D eigenvalue weighted by atomic mass is 35.5. The van der Waals surface area contributed by atoms with E-state index in [4.69, 9.17) is 16.3 Å². The van der Waals surface area contributed by atoms with Gasteiger partial charge in [0, 0.05) is 36.3 Å². The summed E-state index contributed by atoms with van der Waals surface area (Å²) in [6, 6.07) is 5.40. The van der Waals surface area contributed by atoms with Gasteiger partial charge in [0.1, 0.15) is 5.82 Å². The van der Waals surface area contributed by atoms with E-state index in [-0.39, 0.29) is 11.9 Å². The van der Waals surface area contributed by atoms with E-state index in [0.29, 0.717) is 23.2 Å². The lowest BCUT2D eigenvalue weighted by Gasteiger charge is -2.35. The van der Waals surface area contributed by atoms with Crippen molar-refractivity contribution in [3.05, 3.63) is 34.6 Å². The molecule has 1 aromatic rings. The average Bonchev–Trinajstić information content (AvgIpc) is 2.89. The van der Waals surface area contributed by atoms with Gasteiger partial charge in [0.05, 0.1) is 12.7 Å². The first-order valence-electron chi connectivity index (χ1n) is 7.23. The van der Waals surface area contributed by atoms with Crippen LogP contribution in [0.3, 0.4) is 0 Å². The van der Waals surface area contributed by atoms with E-state index in [2.05, 4.69) is 10.2 Å². The average molecular weight is 299 g/mol. The molecule has 1 aromatic carbocycles. The molecule has 2 atom stereocenters. The topological polar surface area (TPSA) is 24.5 Å². The lowest BCUT2D eigenvalue weighted by Crippen LogP contribution is -2.49. The van der Waals surface area contributed by atoms with E-state index in [1.54, 1.807) is 12.1 Å². The van der Waals surface area contributed by atoms with Crippen molar-refractivity contribution in [2.45, 2.75) is 31.5 Å².